The van der Waals surface area contributed by atoms with Gasteiger partial charge in [0, 0.05) is 26.2 Å². The molecular weight excluding hydrogens is 289 g/mol. The molecule has 1 aliphatic heterocycles. The molecule has 0 atom stereocenters. The molecule has 0 spiro atoms. The lowest BCUT2D eigenvalue weighted by Crippen LogP contribution is -2.52. The molecular formula is C12H19F3N4O2. The number of nitrogens with zero attached hydrogens (tertiary/aromatic N) is 3. The highest BCUT2D eigenvalue weighted by atomic mass is 19.4. The SMILES string of the molecule is CC(C)(c1noc(COCC(F)(F)F)n1)N1CCNCC1. The van der Waals surface area contributed by atoms with Gasteiger partial charge in [0.1, 0.15) is 13.2 Å². The van der Waals surface area contributed by atoms with Gasteiger partial charge in [0.2, 0.25) is 0 Å². The predicted molar refractivity (Wildman–Crippen MR) is 67.5 cm³/mol. The van der Waals surface area contributed by atoms with Crippen LogP contribution in [0.1, 0.15) is 25.6 Å². The van der Waals surface area contributed by atoms with E-state index in [0.717, 1.165) is 26.2 Å². The van der Waals surface area contributed by atoms with Crippen molar-refractivity contribution in [3.63, 3.8) is 0 Å². The molecule has 6 nitrogen and oxygen atoms in total. The van der Waals surface area contributed by atoms with Crippen LogP contribution in [0.2, 0.25) is 0 Å². The molecule has 1 aromatic rings. The van der Waals surface area contributed by atoms with Gasteiger partial charge >= 0.3 is 6.18 Å². The van der Waals surface area contributed by atoms with Gasteiger partial charge in [-0.25, -0.2) is 0 Å². The first-order chi connectivity index (χ1) is 9.79. The van der Waals surface area contributed by atoms with Gasteiger partial charge in [-0.15, -0.1) is 0 Å². The molecule has 1 fully saturated rings. The molecule has 0 radical (unpaired) electrons. The number of ether oxygens (including phenoxy) is 1. The largest absolute Gasteiger partial charge is 0.411 e. The van der Waals surface area contributed by atoms with Crippen LogP contribution in [-0.2, 0) is 16.9 Å². The number of hydrogen-bond acceptors (Lipinski definition) is 6. The molecule has 0 aromatic carbocycles. The molecule has 120 valence electrons. The zero-order valence-corrected chi connectivity index (χ0v) is 12.0. The topological polar surface area (TPSA) is 63.4 Å². The monoisotopic (exact) mass is 308 g/mol. The summed E-state index contributed by atoms with van der Waals surface area (Å²) in [4.78, 5) is 6.35. The van der Waals surface area contributed by atoms with Gasteiger partial charge in [-0.1, -0.05) is 5.16 Å². The van der Waals surface area contributed by atoms with Crippen LogP contribution >= 0.6 is 0 Å². The van der Waals surface area contributed by atoms with Crippen molar-refractivity contribution in [2.75, 3.05) is 32.8 Å². The van der Waals surface area contributed by atoms with Gasteiger partial charge < -0.3 is 14.6 Å². The second kappa shape index (κ2) is 6.29. The minimum Gasteiger partial charge on any atom is -0.362 e. The van der Waals surface area contributed by atoms with E-state index in [2.05, 4.69) is 25.1 Å². The van der Waals surface area contributed by atoms with E-state index in [0.29, 0.717) is 5.82 Å². The van der Waals surface area contributed by atoms with Crippen molar-refractivity contribution in [3.05, 3.63) is 11.7 Å². The lowest BCUT2D eigenvalue weighted by Gasteiger charge is -2.38. The van der Waals surface area contributed by atoms with Crippen LogP contribution in [0.15, 0.2) is 4.52 Å². The van der Waals surface area contributed by atoms with Crippen LogP contribution in [0, 0.1) is 0 Å². The number of piperazine rings is 1. The molecule has 0 amide bonds. The summed E-state index contributed by atoms with van der Waals surface area (Å²) in [7, 11) is 0. The Morgan fingerprint density at radius 2 is 1.95 bits per heavy atom. The average molecular weight is 308 g/mol. The Kier molecular flexibility index (Phi) is 4.84. The normalized spacial score (nSPS) is 18.1. The second-order valence-electron chi connectivity index (χ2n) is 5.42. The number of nitrogens with one attached hydrogen (secondary N) is 1. The van der Waals surface area contributed by atoms with Crippen LogP contribution < -0.4 is 5.32 Å². The highest BCUT2D eigenvalue weighted by Crippen LogP contribution is 2.25. The van der Waals surface area contributed by atoms with Gasteiger partial charge in [-0.2, -0.15) is 18.2 Å². The maximum absolute atomic E-state index is 12.0. The maximum atomic E-state index is 12.0. The van der Waals surface area contributed by atoms with Gasteiger partial charge in [-0.05, 0) is 13.8 Å². The molecule has 2 heterocycles. The van der Waals surface area contributed by atoms with E-state index in [1.54, 1.807) is 0 Å². The minimum absolute atomic E-state index is 0.0532. The van der Waals surface area contributed by atoms with E-state index < -0.39 is 18.3 Å². The Bertz CT molecular complexity index is 456. The van der Waals surface area contributed by atoms with Crippen LogP contribution in [0.3, 0.4) is 0 Å². The summed E-state index contributed by atoms with van der Waals surface area (Å²) in [6.07, 6.45) is -4.36. The van der Waals surface area contributed by atoms with Gasteiger partial charge in [-0.3, -0.25) is 4.90 Å². The summed E-state index contributed by atoms with van der Waals surface area (Å²) < 4.78 is 45.4. The van der Waals surface area contributed by atoms with Crippen molar-refractivity contribution < 1.29 is 22.4 Å². The first kappa shape index (κ1) is 16.2. The summed E-state index contributed by atoms with van der Waals surface area (Å²) in [5, 5.41) is 7.12. The summed E-state index contributed by atoms with van der Waals surface area (Å²) in [6.45, 7) is 5.71. The van der Waals surface area contributed by atoms with E-state index >= 15 is 0 Å². The van der Waals surface area contributed by atoms with Crippen molar-refractivity contribution in [2.45, 2.75) is 32.2 Å². The van der Waals surface area contributed by atoms with Crippen LogP contribution in [0.4, 0.5) is 13.2 Å². The molecule has 9 heteroatoms. The van der Waals surface area contributed by atoms with Crippen LogP contribution in [0.5, 0.6) is 0 Å². The Morgan fingerprint density at radius 1 is 1.29 bits per heavy atom. The third-order valence-corrected chi connectivity index (χ3v) is 3.41. The molecule has 1 aromatic heterocycles. The Balaban J connectivity index is 1.94. The molecule has 0 saturated carbocycles. The number of hydrogen-bond donors (Lipinski definition) is 1. The number of aromatic nitrogens is 2. The molecule has 1 N–H and O–H groups in total. The quantitative estimate of drug-likeness (QED) is 0.884. The first-order valence-electron chi connectivity index (χ1n) is 6.72. The highest BCUT2D eigenvalue weighted by Gasteiger charge is 2.34. The molecule has 2 rings (SSSR count). The van der Waals surface area contributed by atoms with E-state index in [1.165, 1.54) is 0 Å². The Labute approximate surface area is 120 Å². The third-order valence-electron chi connectivity index (χ3n) is 3.41. The van der Waals surface area contributed by atoms with E-state index in [1.807, 2.05) is 13.8 Å². The molecule has 1 saturated heterocycles. The smallest absolute Gasteiger partial charge is 0.362 e. The summed E-state index contributed by atoms with van der Waals surface area (Å²) in [5.41, 5.74) is -0.437. The molecule has 21 heavy (non-hydrogen) atoms. The summed E-state index contributed by atoms with van der Waals surface area (Å²) in [6, 6.07) is 0. The van der Waals surface area contributed by atoms with E-state index in [4.69, 9.17) is 4.52 Å². The zero-order chi connectivity index (χ0) is 15.5. The Hall–Kier alpha value is -1.19. The molecule has 0 bridgehead atoms. The van der Waals surface area contributed by atoms with Crippen molar-refractivity contribution in [3.8, 4) is 0 Å². The predicted octanol–water partition coefficient (Wildman–Crippen LogP) is 1.29. The molecule has 0 unspecified atom stereocenters. The fourth-order valence-corrected chi connectivity index (χ4v) is 2.18. The second-order valence-corrected chi connectivity index (χ2v) is 5.42. The lowest BCUT2D eigenvalue weighted by molar-refractivity contribution is -0.178. The molecule has 1 aliphatic rings. The summed E-state index contributed by atoms with van der Waals surface area (Å²) in [5.74, 6) is 0.507. The van der Waals surface area contributed by atoms with E-state index in [-0.39, 0.29) is 12.5 Å². The highest BCUT2D eigenvalue weighted by molar-refractivity contribution is 5.02. The van der Waals surface area contributed by atoms with Crippen molar-refractivity contribution in [1.29, 1.82) is 0 Å². The number of halogens is 3. The van der Waals surface area contributed by atoms with Crippen molar-refractivity contribution in [2.24, 2.45) is 0 Å². The lowest BCUT2D eigenvalue weighted by atomic mass is 10.0. The fourth-order valence-electron chi connectivity index (χ4n) is 2.18. The third kappa shape index (κ3) is 4.39. The van der Waals surface area contributed by atoms with Gasteiger partial charge in [0.25, 0.3) is 5.89 Å². The minimum atomic E-state index is -4.36. The van der Waals surface area contributed by atoms with Crippen LogP contribution in [0.25, 0.3) is 0 Å². The standard InChI is InChI=1S/C12H19F3N4O2/c1-11(2,19-5-3-16-4-6-19)10-17-9(21-18-10)7-20-8-12(13,14)15/h16H,3-8H2,1-2H3. The maximum Gasteiger partial charge on any atom is 0.411 e. The zero-order valence-electron chi connectivity index (χ0n) is 12.0. The number of rotatable bonds is 5. The van der Waals surface area contributed by atoms with Gasteiger partial charge in [0.05, 0.1) is 5.54 Å². The van der Waals surface area contributed by atoms with Gasteiger partial charge in [0.15, 0.2) is 5.82 Å². The Morgan fingerprint density at radius 3 is 2.57 bits per heavy atom. The molecule has 0 aliphatic carbocycles. The van der Waals surface area contributed by atoms with Crippen molar-refractivity contribution in [1.82, 2.24) is 20.4 Å². The number of alkyl halides is 3. The van der Waals surface area contributed by atoms with Crippen molar-refractivity contribution >= 4 is 0 Å². The average Bonchev–Trinajstić information content (AvgIpc) is 2.88. The van der Waals surface area contributed by atoms with E-state index in [9.17, 15) is 13.2 Å². The first-order valence-corrected chi connectivity index (χ1v) is 6.72. The van der Waals surface area contributed by atoms with Crippen LogP contribution in [-0.4, -0.2) is 54.0 Å². The summed E-state index contributed by atoms with van der Waals surface area (Å²) >= 11 is 0. The fraction of sp³-hybridized carbons (Fsp3) is 0.833.